The van der Waals surface area contributed by atoms with E-state index in [0.29, 0.717) is 24.2 Å². The molecule has 0 aliphatic heterocycles. The summed E-state index contributed by atoms with van der Waals surface area (Å²) in [6, 6.07) is 3.44. The van der Waals surface area contributed by atoms with Crippen LogP contribution in [0.25, 0.3) is 0 Å². The van der Waals surface area contributed by atoms with Gasteiger partial charge in [0.2, 0.25) is 0 Å². The maximum Gasteiger partial charge on any atom is 0.316 e. The number of carbonyl (C=O) groups excluding carboxylic acids is 3. The van der Waals surface area contributed by atoms with Crippen molar-refractivity contribution < 1.29 is 19.1 Å². The Bertz CT molecular complexity index is 695. The summed E-state index contributed by atoms with van der Waals surface area (Å²) in [6.07, 6.45) is 4.50. The van der Waals surface area contributed by atoms with E-state index in [1.54, 1.807) is 24.5 Å². The molecule has 6 nitrogen and oxygen atoms in total. The number of aliphatic imine (C=N–C) groups is 1. The molecule has 2 unspecified atom stereocenters. The van der Waals surface area contributed by atoms with E-state index in [-0.39, 0.29) is 12.2 Å². The number of Topliss-reactive ketones (excluding diaryl/α,β-unsaturated/α-hetero) is 2. The fourth-order valence-corrected chi connectivity index (χ4v) is 3.36. The van der Waals surface area contributed by atoms with Crippen molar-refractivity contribution in [3.63, 3.8) is 0 Å². The number of hydrogen-bond donors (Lipinski definition) is 0. The van der Waals surface area contributed by atoms with Crippen LogP contribution in [-0.4, -0.2) is 35.3 Å². The molecule has 1 aromatic rings. The second-order valence-corrected chi connectivity index (χ2v) is 6.98. The Morgan fingerprint density at radius 2 is 1.96 bits per heavy atom. The fraction of sp³-hybridized carbons (Fsp3) is 0.526. The number of ketones is 2. The van der Waals surface area contributed by atoms with Gasteiger partial charge in [-0.1, -0.05) is 20.8 Å². The van der Waals surface area contributed by atoms with Crippen LogP contribution in [0.4, 0.5) is 5.69 Å². The van der Waals surface area contributed by atoms with Gasteiger partial charge in [-0.2, -0.15) is 0 Å². The Kier molecular flexibility index (Phi) is 5.82. The first-order chi connectivity index (χ1) is 11.8. The van der Waals surface area contributed by atoms with E-state index in [1.165, 1.54) is 7.11 Å². The lowest BCUT2D eigenvalue weighted by atomic mass is 9.62. The van der Waals surface area contributed by atoms with Gasteiger partial charge in [0.25, 0.3) is 0 Å². The number of hydrogen-bond acceptors (Lipinski definition) is 6. The molecule has 0 bridgehead atoms. The molecule has 0 radical (unpaired) electrons. The van der Waals surface area contributed by atoms with Crippen molar-refractivity contribution in [1.82, 2.24) is 4.98 Å². The molecule has 1 aliphatic carbocycles. The van der Waals surface area contributed by atoms with Crippen molar-refractivity contribution >= 4 is 28.9 Å². The van der Waals surface area contributed by atoms with Crippen LogP contribution in [0.15, 0.2) is 29.5 Å². The molecule has 25 heavy (non-hydrogen) atoms. The molecule has 0 spiro atoms. The number of rotatable bonds is 5. The van der Waals surface area contributed by atoms with Crippen molar-refractivity contribution in [2.45, 2.75) is 40.0 Å². The topological polar surface area (TPSA) is 85.7 Å². The lowest BCUT2D eigenvalue weighted by molar-refractivity contribution is -0.156. The third kappa shape index (κ3) is 4.00. The van der Waals surface area contributed by atoms with Crippen LogP contribution in [0, 0.1) is 17.3 Å². The predicted octanol–water partition coefficient (Wildman–Crippen LogP) is 2.93. The number of ether oxygens (including phenoxy) is 1. The van der Waals surface area contributed by atoms with Gasteiger partial charge < -0.3 is 4.74 Å². The largest absolute Gasteiger partial charge is 0.468 e. The zero-order chi connectivity index (χ0) is 18.6. The highest BCUT2D eigenvalue weighted by atomic mass is 16.5. The van der Waals surface area contributed by atoms with Gasteiger partial charge in [0.15, 0.2) is 5.78 Å². The summed E-state index contributed by atoms with van der Waals surface area (Å²) in [4.78, 5) is 46.3. The molecule has 134 valence electrons. The number of aromatic nitrogens is 1. The molecular weight excluding hydrogens is 320 g/mol. The van der Waals surface area contributed by atoms with Gasteiger partial charge in [-0.15, -0.1) is 0 Å². The molecule has 6 heteroatoms. The molecule has 1 heterocycles. The summed E-state index contributed by atoms with van der Waals surface area (Å²) in [6.45, 7) is 5.54. The Morgan fingerprint density at radius 1 is 1.32 bits per heavy atom. The SMILES string of the molecule is CCCC(=O)C1C(=O)C(C(=O)OC)C(C)(C)CC1=Nc1ccncc1. The van der Waals surface area contributed by atoms with Crippen molar-refractivity contribution in [2.75, 3.05) is 7.11 Å². The van der Waals surface area contributed by atoms with E-state index < -0.39 is 29.0 Å². The molecule has 2 rings (SSSR count). The molecule has 2 atom stereocenters. The molecular formula is C19H24N2O4. The number of methoxy groups -OCH3 is 1. The number of carbonyl (C=O) groups is 3. The minimum atomic E-state index is -0.981. The Labute approximate surface area is 147 Å². The van der Waals surface area contributed by atoms with Gasteiger partial charge >= 0.3 is 5.97 Å². The quantitative estimate of drug-likeness (QED) is 0.605. The number of nitrogens with zero attached hydrogens (tertiary/aromatic N) is 2. The highest BCUT2D eigenvalue weighted by Gasteiger charge is 2.52. The minimum absolute atomic E-state index is 0.190. The van der Waals surface area contributed by atoms with Crippen LogP contribution in [0.2, 0.25) is 0 Å². The zero-order valence-electron chi connectivity index (χ0n) is 15.1. The number of pyridine rings is 1. The second-order valence-electron chi connectivity index (χ2n) is 6.98. The maximum absolute atomic E-state index is 13.0. The molecule has 1 aromatic heterocycles. The normalized spacial score (nSPS) is 24.2. The average Bonchev–Trinajstić information content (AvgIpc) is 2.54. The minimum Gasteiger partial charge on any atom is -0.468 e. The molecule has 1 saturated carbocycles. The first-order valence-corrected chi connectivity index (χ1v) is 8.43. The molecule has 0 amide bonds. The third-order valence-corrected chi connectivity index (χ3v) is 4.51. The third-order valence-electron chi connectivity index (χ3n) is 4.51. The average molecular weight is 344 g/mol. The van der Waals surface area contributed by atoms with E-state index in [4.69, 9.17) is 4.74 Å². The Hall–Kier alpha value is -2.37. The molecule has 1 fully saturated rings. The standard InChI is InChI=1S/C19H24N2O4/c1-5-6-14(22)15-13(21-12-7-9-20-10-8-12)11-19(2,3)16(17(15)23)18(24)25-4/h7-10,15-16H,5-6,11H2,1-4H3. The van der Waals surface area contributed by atoms with Crippen LogP contribution in [0.1, 0.15) is 40.0 Å². The summed E-state index contributed by atoms with van der Waals surface area (Å²) in [5, 5.41) is 0. The Morgan fingerprint density at radius 3 is 2.52 bits per heavy atom. The molecule has 0 N–H and O–H groups in total. The van der Waals surface area contributed by atoms with Gasteiger partial charge in [0, 0.05) is 24.5 Å². The van der Waals surface area contributed by atoms with Crippen molar-refractivity contribution in [3.8, 4) is 0 Å². The van der Waals surface area contributed by atoms with Gasteiger partial charge in [-0.25, -0.2) is 0 Å². The maximum atomic E-state index is 13.0. The monoisotopic (exact) mass is 344 g/mol. The van der Waals surface area contributed by atoms with E-state index in [1.807, 2.05) is 20.8 Å². The lowest BCUT2D eigenvalue weighted by Crippen LogP contribution is -2.52. The molecule has 0 saturated heterocycles. The Balaban J connectivity index is 2.50. The summed E-state index contributed by atoms with van der Waals surface area (Å²) in [7, 11) is 1.26. The lowest BCUT2D eigenvalue weighted by Gasteiger charge is -2.39. The summed E-state index contributed by atoms with van der Waals surface area (Å²) in [5.74, 6) is -3.13. The van der Waals surface area contributed by atoms with Gasteiger partial charge in [-0.05, 0) is 30.4 Å². The van der Waals surface area contributed by atoms with Crippen LogP contribution in [-0.2, 0) is 19.1 Å². The first-order valence-electron chi connectivity index (χ1n) is 8.43. The van der Waals surface area contributed by atoms with Crippen LogP contribution in [0.3, 0.4) is 0 Å². The second kappa shape index (κ2) is 7.68. The van der Waals surface area contributed by atoms with Crippen molar-refractivity contribution in [1.29, 1.82) is 0 Å². The van der Waals surface area contributed by atoms with Crippen molar-refractivity contribution in [2.24, 2.45) is 22.2 Å². The van der Waals surface area contributed by atoms with E-state index >= 15 is 0 Å². The predicted molar refractivity (Wildman–Crippen MR) is 93.6 cm³/mol. The van der Waals surface area contributed by atoms with Gasteiger partial charge in [-0.3, -0.25) is 24.4 Å². The van der Waals surface area contributed by atoms with Crippen molar-refractivity contribution in [3.05, 3.63) is 24.5 Å². The molecule has 1 aliphatic rings. The highest BCUT2D eigenvalue weighted by molar-refractivity contribution is 6.26. The highest BCUT2D eigenvalue weighted by Crippen LogP contribution is 2.41. The summed E-state index contributed by atoms with van der Waals surface area (Å²) < 4.78 is 4.82. The van der Waals surface area contributed by atoms with Crippen LogP contribution in [0.5, 0.6) is 0 Å². The van der Waals surface area contributed by atoms with E-state index in [0.717, 1.165) is 0 Å². The van der Waals surface area contributed by atoms with Gasteiger partial charge in [0.1, 0.15) is 17.6 Å². The first kappa shape index (κ1) is 19.0. The van der Waals surface area contributed by atoms with Crippen LogP contribution >= 0.6 is 0 Å². The van der Waals surface area contributed by atoms with E-state index in [9.17, 15) is 14.4 Å². The number of esters is 1. The zero-order valence-corrected chi connectivity index (χ0v) is 15.1. The van der Waals surface area contributed by atoms with Crippen LogP contribution < -0.4 is 0 Å². The smallest absolute Gasteiger partial charge is 0.316 e. The molecule has 0 aromatic carbocycles. The fourth-order valence-electron chi connectivity index (χ4n) is 3.36. The summed E-state index contributed by atoms with van der Waals surface area (Å²) in [5.41, 5.74) is 0.484. The van der Waals surface area contributed by atoms with E-state index in [2.05, 4.69) is 9.98 Å². The summed E-state index contributed by atoms with van der Waals surface area (Å²) >= 11 is 0. The van der Waals surface area contributed by atoms with Gasteiger partial charge in [0.05, 0.1) is 12.8 Å².